The Balaban J connectivity index is 2.21. The van der Waals surface area contributed by atoms with Crippen LogP contribution in [0.2, 0.25) is 15.1 Å². The molecule has 0 heterocycles. The molecule has 0 saturated carbocycles. The van der Waals surface area contributed by atoms with E-state index in [1.807, 2.05) is 0 Å². The molecule has 0 saturated heterocycles. The molecule has 0 aliphatic heterocycles. The lowest BCUT2D eigenvalue weighted by molar-refractivity contribution is 0.588. The molecule has 2 rings (SSSR count). The van der Waals surface area contributed by atoms with Crippen molar-refractivity contribution < 1.29 is 8.42 Å². The Hall–Kier alpha value is -0.980. The van der Waals surface area contributed by atoms with Crippen LogP contribution in [-0.2, 0) is 10.0 Å². The van der Waals surface area contributed by atoms with Gasteiger partial charge >= 0.3 is 0 Å². The van der Waals surface area contributed by atoms with E-state index >= 15 is 0 Å². The zero-order chi connectivity index (χ0) is 14.8. The first-order valence-corrected chi connectivity index (χ1v) is 7.99. The smallest absolute Gasteiger partial charge is 0.257 e. The molecule has 2 aromatic rings. The molecule has 2 aromatic carbocycles. The Labute approximate surface area is 131 Å². The van der Waals surface area contributed by atoms with Crippen molar-refractivity contribution in [3.8, 4) is 0 Å². The van der Waals surface area contributed by atoms with Crippen LogP contribution in [0.5, 0.6) is 0 Å². The van der Waals surface area contributed by atoms with Crippen molar-refractivity contribution in [1.82, 2.24) is 4.83 Å². The van der Waals surface area contributed by atoms with Crippen molar-refractivity contribution in [3.05, 3.63) is 57.5 Å². The predicted octanol–water partition coefficient (Wildman–Crippen LogP) is 3.95. The van der Waals surface area contributed by atoms with E-state index in [1.165, 1.54) is 24.3 Å². The number of anilines is 1. The van der Waals surface area contributed by atoms with Crippen molar-refractivity contribution in [3.63, 3.8) is 0 Å². The van der Waals surface area contributed by atoms with Gasteiger partial charge in [0.05, 0.1) is 20.6 Å². The van der Waals surface area contributed by atoms with Gasteiger partial charge in [0.2, 0.25) is 0 Å². The molecule has 20 heavy (non-hydrogen) atoms. The van der Waals surface area contributed by atoms with Crippen LogP contribution in [-0.4, -0.2) is 8.42 Å². The van der Waals surface area contributed by atoms with Crippen LogP contribution < -0.4 is 10.3 Å². The second-order valence-corrected chi connectivity index (χ2v) is 6.72. The zero-order valence-electron chi connectivity index (χ0n) is 9.90. The van der Waals surface area contributed by atoms with E-state index in [1.54, 1.807) is 18.2 Å². The van der Waals surface area contributed by atoms with Gasteiger partial charge in [0.25, 0.3) is 10.0 Å². The summed E-state index contributed by atoms with van der Waals surface area (Å²) in [5.41, 5.74) is 2.72. The van der Waals surface area contributed by atoms with Crippen LogP contribution in [0.4, 0.5) is 5.69 Å². The fourth-order valence-corrected chi connectivity index (χ4v) is 3.22. The third kappa shape index (κ3) is 3.56. The number of hydrazine groups is 1. The van der Waals surface area contributed by atoms with Crippen molar-refractivity contribution in [2.45, 2.75) is 4.90 Å². The Kier molecular flexibility index (Phi) is 4.78. The largest absolute Gasteiger partial charge is 0.305 e. The van der Waals surface area contributed by atoms with Crippen molar-refractivity contribution in [1.29, 1.82) is 0 Å². The first-order chi connectivity index (χ1) is 9.40. The van der Waals surface area contributed by atoms with Crippen molar-refractivity contribution in [2.75, 3.05) is 5.43 Å². The predicted molar refractivity (Wildman–Crippen MR) is 81.9 cm³/mol. The van der Waals surface area contributed by atoms with Gasteiger partial charge in [-0.2, -0.15) is 0 Å². The maximum absolute atomic E-state index is 12.0. The number of hydrogen-bond donors (Lipinski definition) is 2. The Morgan fingerprint density at radius 1 is 0.900 bits per heavy atom. The first-order valence-electron chi connectivity index (χ1n) is 5.37. The van der Waals surface area contributed by atoms with Gasteiger partial charge in [0, 0.05) is 5.02 Å². The van der Waals surface area contributed by atoms with Crippen LogP contribution in [0.15, 0.2) is 47.4 Å². The Morgan fingerprint density at radius 3 is 2.00 bits per heavy atom. The summed E-state index contributed by atoms with van der Waals surface area (Å²) < 4.78 is 24.0. The minimum atomic E-state index is -3.71. The van der Waals surface area contributed by atoms with Gasteiger partial charge in [0.1, 0.15) is 0 Å². The highest BCUT2D eigenvalue weighted by molar-refractivity contribution is 7.89. The number of halogens is 3. The van der Waals surface area contributed by atoms with E-state index in [4.69, 9.17) is 34.8 Å². The summed E-state index contributed by atoms with van der Waals surface area (Å²) in [6.45, 7) is 0. The quantitative estimate of drug-likeness (QED) is 0.820. The second kappa shape index (κ2) is 6.20. The van der Waals surface area contributed by atoms with Crippen LogP contribution >= 0.6 is 34.8 Å². The summed E-state index contributed by atoms with van der Waals surface area (Å²) in [4.78, 5) is 2.32. The van der Waals surface area contributed by atoms with E-state index in [9.17, 15) is 8.42 Å². The molecule has 0 unspecified atom stereocenters. The number of sulfonamides is 1. The molecule has 0 spiro atoms. The van der Waals surface area contributed by atoms with E-state index in [-0.39, 0.29) is 20.6 Å². The molecular formula is C12H9Cl3N2O2S. The molecule has 0 aliphatic rings. The van der Waals surface area contributed by atoms with E-state index in [2.05, 4.69) is 10.3 Å². The van der Waals surface area contributed by atoms with Gasteiger partial charge in [-0.3, -0.25) is 0 Å². The molecule has 0 aromatic heterocycles. The third-order valence-corrected chi connectivity index (χ3v) is 4.45. The Bertz CT molecular complexity index is 698. The highest BCUT2D eigenvalue weighted by Gasteiger charge is 2.15. The lowest BCUT2D eigenvalue weighted by Gasteiger charge is -2.12. The third-order valence-electron chi connectivity index (χ3n) is 2.37. The van der Waals surface area contributed by atoms with Gasteiger partial charge in [-0.25, -0.2) is 8.42 Å². The van der Waals surface area contributed by atoms with Gasteiger partial charge in [-0.15, -0.1) is 4.83 Å². The zero-order valence-corrected chi connectivity index (χ0v) is 13.0. The standard InChI is InChI=1S/C12H9Cl3N2O2S/c13-8-6-10(14)12(11(15)7-8)16-17-20(18,19)9-4-2-1-3-5-9/h1-7,16-17H. The van der Waals surface area contributed by atoms with Gasteiger partial charge in [-0.1, -0.05) is 53.0 Å². The van der Waals surface area contributed by atoms with Crippen LogP contribution in [0.1, 0.15) is 0 Å². The van der Waals surface area contributed by atoms with Gasteiger partial charge in [-0.05, 0) is 24.3 Å². The molecule has 0 bridgehead atoms. The summed E-state index contributed by atoms with van der Waals surface area (Å²) in [6, 6.07) is 10.8. The molecule has 0 amide bonds. The molecule has 0 atom stereocenters. The van der Waals surface area contributed by atoms with Crippen LogP contribution in [0.25, 0.3) is 0 Å². The summed E-state index contributed by atoms with van der Waals surface area (Å²) in [6.07, 6.45) is 0. The van der Waals surface area contributed by atoms with E-state index < -0.39 is 10.0 Å². The number of rotatable bonds is 4. The van der Waals surface area contributed by atoms with Gasteiger partial charge < -0.3 is 5.43 Å². The minimum Gasteiger partial charge on any atom is -0.305 e. The molecule has 0 radical (unpaired) electrons. The summed E-state index contributed by atoms with van der Waals surface area (Å²) in [7, 11) is -3.71. The monoisotopic (exact) mass is 350 g/mol. The maximum Gasteiger partial charge on any atom is 0.257 e. The van der Waals surface area contributed by atoms with E-state index in [0.29, 0.717) is 5.02 Å². The molecule has 4 nitrogen and oxygen atoms in total. The van der Waals surface area contributed by atoms with Gasteiger partial charge in [0.15, 0.2) is 0 Å². The molecule has 0 fully saturated rings. The molecule has 8 heteroatoms. The van der Waals surface area contributed by atoms with Crippen LogP contribution in [0.3, 0.4) is 0 Å². The Morgan fingerprint density at radius 2 is 1.45 bits per heavy atom. The molecule has 106 valence electrons. The fourth-order valence-electron chi connectivity index (χ4n) is 1.44. The second-order valence-electron chi connectivity index (χ2n) is 3.79. The topological polar surface area (TPSA) is 58.2 Å². The fraction of sp³-hybridized carbons (Fsp3) is 0. The van der Waals surface area contributed by atoms with Crippen molar-refractivity contribution in [2.24, 2.45) is 0 Å². The molecule has 0 aliphatic carbocycles. The highest BCUT2D eigenvalue weighted by Crippen LogP contribution is 2.33. The number of benzene rings is 2. The average molecular weight is 352 g/mol. The van der Waals surface area contributed by atoms with Crippen molar-refractivity contribution >= 4 is 50.5 Å². The average Bonchev–Trinajstić information content (AvgIpc) is 2.38. The van der Waals surface area contributed by atoms with Crippen LogP contribution in [0, 0.1) is 0 Å². The molecular weight excluding hydrogens is 343 g/mol. The van der Waals surface area contributed by atoms with E-state index in [0.717, 1.165) is 0 Å². The highest BCUT2D eigenvalue weighted by atomic mass is 35.5. The SMILES string of the molecule is O=S(=O)(NNc1c(Cl)cc(Cl)cc1Cl)c1ccccc1. The summed E-state index contributed by atoms with van der Waals surface area (Å²) >= 11 is 17.7. The first kappa shape index (κ1) is 15.4. The molecule has 2 N–H and O–H groups in total. The number of nitrogens with one attached hydrogen (secondary N) is 2. The maximum atomic E-state index is 12.0. The lowest BCUT2D eigenvalue weighted by Crippen LogP contribution is -2.29. The normalized spacial score (nSPS) is 11.3. The minimum absolute atomic E-state index is 0.119. The number of hydrogen-bond acceptors (Lipinski definition) is 3. The lowest BCUT2D eigenvalue weighted by atomic mass is 10.3. The summed E-state index contributed by atoms with van der Waals surface area (Å²) in [5, 5.41) is 0.771. The summed E-state index contributed by atoms with van der Waals surface area (Å²) in [5.74, 6) is 0.